The van der Waals surface area contributed by atoms with Gasteiger partial charge in [-0.1, -0.05) is 97.6 Å². The third-order valence-electron chi connectivity index (χ3n) is 7.30. The number of allylic oxidation sites excluding steroid dienone is 1. The number of hydrogen-bond acceptors (Lipinski definition) is 5. The number of nitrogens with one attached hydrogen (secondary N) is 1. The molecule has 0 spiro atoms. The van der Waals surface area contributed by atoms with Crippen LogP contribution in [-0.2, 0) is 16.8 Å². The molecule has 0 fully saturated rings. The molecule has 1 amide bonds. The number of nitrogens with zero attached hydrogens (tertiary/aromatic N) is 1. The number of ether oxygens (including phenoxy) is 2. The summed E-state index contributed by atoms with van der Waals surface area (Å²) in [4.78, 5) is 16.3. The van der Waals surface area contributed by atoms with Gasteiger partial charge < -0.3 is 19.7 Å². The highest BCUT2D eigenvalue weighted by atomic mass is 32.2. The molecule has 1 heterocycles. The molecule has 0 unspecified atom stereocenters. The summed E-state index contributed by atoms with van der Waals surface area (Å²) in [6.45, 7) is 12.4. The van der Waals surface area contributed by atoms with Gasteiger partial charge in [0.2, 0.25) is 0 Å². The van der Waals surface area contributed by atoms with E-state index in [4.69, 9.17) is 9.47 Å². The number of carbonyl (C=O) groups is 1. The summed E-state index contributed by atoms with van der Waals surface area (Å²) in [5.41, 5.74) is 2.95. The zero-order valence-electron chi connectivity index (χ0n) is 26.1. The molecule has 1 aliphatic rings. The Morgan fingerprint density at radius 3 is 2.29 bits per heavy atom. The van der Waals surface area contributed by atoms with Gasteiger partial charge in [0.25, 0.3) is 5.91 Å². The van der Waals surface area contributed by atoms with Crippen LogP contribution in [0.15, 0.2) is 53.6 Å². The Morgan fingerprint density at radius 1 is 0.927 bits per heavy atom. The fraction of sp³-hybridized carbons (Fsp3) is 0.571. The third kappa shape index (κ3) is 12.4. The molecule has 0 radical (unpaired) electrons. The monoisotopic (exact) mass is 580 g/mol. The van der Waals surface area contributed by atoms with Crippen LogP contribution in [0.25, 0.3) is 0 Å². The molecule has 0 aliphatic carbocycles. The van der Waals surface area contributed by atoms with Crippen LogP contribution < -0.4 is 14.8 Å². The topological polar surface area (TPSA) is 50.8 Å². The molecular formula is C35H52N2O3S. The summed E-state index contributed by atoms with van der Waals surface area (Å²) in [6.07, 6.45) is 15.3. The minimum atomic E-state index is -0.173. The first-order chi connectivity index (χ1) is 19.7. The molecule has 2 aromatic rings. The predicted octanol–water partition coefficient (Wildman–Crippen LogP) is 9.67. The third-order valence-corrected chi connectivity index (χ3v) is 8.32. The van der Waals surface area contributed by atoms with Crippen LogP contribution in [0.3, 0.4) is 0 Å². The fourth-order valence-electron chi connectivity index (χ4n) is 5.02. The van der Waals surface area contributed by atoms with Gasteiger partial charge in [-0.2, -0.15) is 0 Å². The van der Waals surface area contributed by atoms with Gasteiger partial charge in [0, 0.05) is 24.0 Å². The minimum absolute atomic E-state index is 0.0443. The highest BCUT2D eigenvalue weighted by molar-refractivity contribution is 8.03. The van der Waals surface area contributed by atoms with Crippen LogP contribution in [0.2, 0.25) is 0 Å². The summed E-state index contributed by atoms with van der Waals surface area (Å²) in [5.74, 6) is 2.38. The van der Waals surface area contributed by atoms with Crippen LogP contribution >= 0.6 is 11.8 Å². The van der Waals surface area contributed by atoms with E-state index >= 15 is 0 Å². The second-order valence-corrected chi connectivity index (χ2v) is 13.4. The molecule has 1 N–H and O–H groups in total. The zero-order valence-corrected chi connectivity index (χ0v) is 26.9. The lowest BCUT2D eigenvalue weighted by Gasteiger charge is -2.24. The van der Waals surface area contributed by atoms with Gasteiger partial charge in [-0.3, -0.25) is 4.79 Å². The molecule has 3 rings (SSSR count). The number of anilines is 1. The van der Waals surface area contributed by atoms with Crippen LogP contribution in [0.5, 0.6) is 11.5 Å². The normalized spacial score (nSPS) is 13.3. The van der Waals surface area contributed by atoms with Crippen LogP contribution in [-0.4, -0.2) is 29.9 Å². The van der Waals surface area contributed by atoms with Gasteiger partial charge in [-0.05, 0) is 59.6 Å². The maximum Gasteiger partial charge on any atom is 0.262 e. The van der Waals surface area contributed by atoms with E-state index < -0.39 is 0 Å². The molecule has 0 atom stereocenters. The Hall–Kier alpha value is -2.60. The summed E-state index contributed by atoms with van der Waals surface area (Å²) in [7, 11) is 0. The molecule has 0 saturated carbocycles. The molecule has 6 heteroatoms. The van der Waals surface area contributed by atoms with Gasteiger partial charge in [0.1, 0.15) is 11.5 Å². The van der Waals surface area contributed by atoms with E-state index in [1.54, 1.807) is 0 Å². The Balaban J connectivity index is 1.42. The number of benzene rings is 2. The Labute approximate surface area is 253 Å². The van der Waals surface area contributed by atoms with Crippen molar-refractivity contribution in [1.82, 2.24) is 4.90 Å². The molecule has 0 aromatic heterocycles. The average molecular weight is 581 g/mol. The van der Waals surface area contributed by atoms with E-state index in [0.717, 1.165) is 42.4 Å². The van der Waals surface area contributed by atoms with Gasteiger partial charge in [-0.15, -0.1) is 11.8 Å². The van der Waals surface area contributed by atoms with E-state index in [1.807, 2.05) is 48.2 Å². The Morgan fingerprint density at radius 2 is 1.63 bits per heavy atom. The maximum absolute atomic E-state index is 12.7. The van der Waals surface area contributed by atoms with Gasteiger partial charge >= 0.3 is 0 Å². The van der Waals surface area contributed by atoms with Crippen molar-refractivity contribution in [3.05, 3.63) is 64.7 Å². The second-order valence-electron chi connectivity index (χ2n) is 12.2. The van der Waals surface area contributed by atoms with Crippen molar-refractivity contribution in [1.29, 1.82) is 0 Å². The lowest BCUT2D eigenvalue weighted by atomic mass is 9.86. The van der Waals surface area contributed by atoms with Gasteiger partial charge in [-0.25, -0.2) is 0 Å². The minimum Gasteiger partial charge on any atom is -0.493 e. The Bertz CT molecular complexity index is 1110. The van der Waals surface area contributed by atoms with Crippen molar-refractivity contribution in [2.24, 2.45) is 0 Å². The SMILES string of the molecule is CCCCCCCCCCCCOc1ccc(OCC(=O)Nc2cccc(CN3C=C(C)SC3)c2)cc1C(C)(C)C. The Kier molecular flexibility index (Phi) is 13.9. The van der Waals surface area contributed by atoms with Crippen LogP contribution in [0.1, 0.15) is 110 Å². The first kappa shape index (κ1) is 32.9. The first-order valence-electron chi connectivity index (χ1n) is 15.6. The largest absolute Gasteiger partial charge is 0.493 e. The summed E-state index contributed by atoms with van der Waals surface area (Å²) in [6, 6.07) is 13.9. The number of amides is 1. The molecule has 0 saturated heterocycles. The number of thioether (sulfide) groups is 1. The number of rotatable bonds is 18. The molecule has 5 nitrogen and oxygen atoms in total. The van der Waals surface area contributed by atoms with Crippen molar-refractivity contribution < 1.29 is 14.3 Å². The average Bonchev–Trinajstić information content (AvgIpc) is 3.34. The standard InChI is InChI=1S/C35H52N2O3S/c1-6-7-8-9-10-11-12-13-14-15-21-39-33-20-19-31(23-32(33)35(3,4)5)40-26-34(38)36-30-18-16-17-29(22-30)25-37-24-28(2)41-27-37/h16-20,22-24H,6-15,21,25-27H2,1-5H3,(H,36,38). The maximum atomic E-state index is 12.7. The second kappa shape index (κ2) is 17.4. The number of carbonyl (C=O) groups excluding carboxylic acids is 1. The quantitative estimate of drug-likeness (QED) is 0.178. The van der Waals surface area contributed by atoms with Gasteiger partial charge in [0.15, 0.2) is 6.61 Å². The highest BCUT2D eigenvalue weighted by Gasteiger charge is 2.20. The molecule has 0 bridgehead atoms. The van der Waals surface area contributed by atoms with E-state index in [-0.39, 0.29) is 17.9 Å². The molecule has 41 heavy (non-hydrogen) atoms. The van der Waals surface area contributed by atoms with E-state index in [1.165, 1.54) is 68.3 Å². The molecule has 226 valence electrons. The summed E-state index contributed by atoms with van der Waals surface area (Å²) in [5, 5.41) is 2.98. The number of unbranched alkanes of at least 4 members (excludes halogenated alkanes) is 9. The van der Waals surface area contributed by atoms with Gasteiger partial charge in [0.05, 0.1) is 12.5 Å². The van der Waals surface area contributed by atoms with Crippen molar-refractivity contribution in [2.75, 3.05) is 24.4 Å². The first-order valence-corrected chi connectivity index (χ1v) is 16.6. The summed E-state index contributed by atoms with van der Waals surface area (Å²) >= 11 is 1.85. The van der Waals surface area contributed by atoms with E-state index in [0.29, 0.717) is 5.75 Å². The van der Waals surface area contributed by atoms with Crippen LogP contribution in [0, 0.1) is 0 Å². The lowest BCUT2D eigenvalue weighted by Crippen LogP contribution is -2.21. The lowest BCUT2D eigenvalue weighted by molar-refractivity contribution is -0.118. The van der Waals surface area contributed by atoms with Crippen molar-refractivity contribution in [2.45, 2.75) is 111 Å². The molecular weight excluding hydrogens is 528 g/mol. The smallest absolute Gasteiger partial charge is 0.262 e. The molecule has 1 aliphatic heterocycles. The van der Waals surface area contributed by atoms with Crippen molar-refractivity contribution in [3.8, 4) is 11.5 Å². The van der Waals surface area contributed by atoms with Crippen LogP contribution in [0.4, 0.5) is 5.69 Å². The fourth-order valence-corrected chi connectivity index (χ4v) is 5.78. The highest BCUT2D eigenvalue weighted by Crippen LogP contribution is 2.34. The molecule has 2 aromatic carbocycles. The number of hydrogen-bond donors (Lipinski definition) is 1. The van der Waals surface area contributed by atoms with E-state index in [9.17, 15) is 4.79 Å². The van der Waals surface area contributed by atoms with Crippen molar-refractivity contribution >= 4 is 23.4 Å². The zero-order chi connectivity index (χ0) is 29.5. The van der Waals surface area contributed by atoms with Crippen molar-refractivity contribution in [3.63, 3.8) is 0 Å². The summed E-state index contributed by atoms with van der Waals surface area (Å²) < 4.78 is 12.1. The van der Waals surface area contributed by atoms with E-state index in [2.05, 4.69) is 57.1 Å². The predicted molar refractivity (Wildman–Crippen MR) is 175 cm³/mol.